The molecular formula is C24H18N4O6. The van der Waals surface area contributed by atoms with E-state index >= 15 is 0 Å². The van der Waals surface area contributed by atoms with Crippen LogP contribution in [0.15, 0.2) is 70.9 Å². The van der Waals surface area contributed by atoms with Gasteiger partial charge < -0.3 is 19.7 Å². The number of fused-ring (bicyclic) bond motifs is 1. The van der Waals surface area contributed by atoms with Crippen LogP contribution in [0, 0.1) is 0 Å². The molecule has 0 spiro atoms. The zero-order valence-electron chi connectivity index (χ0n) is 17.8. The van der Waals surface area contributed by atoms with Crippen LogP contribution < -0.4 is 19.9 Å². The number of hydrogen-bond acceptors (Lipinski definition) is 8. The fourth-order valence-corrected chi connectivity index (χ4v) is 3.62. The molecule has 0 saturated heterocycles. The summed E-state index contributed by atoms with van der Waals surface area (Å²) in [6, 6.07) is 16.2. The number of carboxylic acids is 1. The largest absolute Gasteiger partial charge is 0.505 e. The van der Waals surface area contributed by atoms with Gasteiger partial charge in [-0.2, -0.15) is 15.2 Å². The van der Waals surface area contributed by atoms with Crippen molar-refractivity contribution in [2.45, 2.75) is 6.92 Å². The van der Waals surface area contributed by atoms with E-state index in [1.54, 1.807) is 55.5 Å². The van der Waals surface area contributed by atoms with E-state index in [-0.39, 0.29) is 29.5 Å². The second-order valence-electron chi connectivity index (χ2n) is 7.50. The molecule has 34 heavy (non-hydrogen) atoms. The van der Waals surface area contributed by atoms with Gasteiger partial charge in [-0.3, -0.25) is 10.2 Å². The number of aromatic carboxylic acids is 1. The lowest BCUT2D eigenvalue weighted by Gasteiger charge is -2.12. The first-order chi connectivity index (χ1) is 16.4. The second kappa shape index (κ2) is 8.24. The number of nitrogens with zero attached hydrogens (tertiary/aromatic N) is 3. The number of phenols is 1. The Morgan fingerprint density at radius 2 is 1.88 bits per heavy atom. The van der Waals surface area contributed by atoms with E-state index in [2.05, 4.69) is 15.6 Å². The van der Waals surface area contributed by atoms with Gasteiger partial charge in [-0.05, 0) is 42.8 Å². The zero-order valence-corrected chi connectivity index (χ0v) is 17.8. The van der Waals surface area contributed by atoms with Gasteiger partial charge in [0.15, 0.2) is 17.2 Å². The summed E-state index contributed by atoms with van der Waals surface area (Å²) in [4.78, 5) is 24.2. The van der Waals surface area contributed by atoms with Crippen molar-refractivity contribution >= 4 is 34.7 Å². The molecule has 10 nitrogen and oxygen atoms in total. The minimum atomic E-state index is -1.07. The Balaban J connectivity index is 1.40. The highest BCUT2D eigenvalue weighted by molar-refractivity contribution is 6.71. The number of ether oxygens (including phenoxy) is 2. The van der Waals surface area contributed by atoms with Crippen LogP contribution >= 0.6 is 0 Å². The molecule has 0 aromatic heterocycles. The monoisotopic (exact) mass is 458 g/mol. The molecule has 0 unspecified atom stereocenters. The number of phenolic OH excluding ortho intramolecular Hbond substituents is 1. The quantitative estimate of drug-likeness (QED) is 0.392. The molecule has 10 heteroatoms. The SMILES string of the molecule is CC1=NN(c2ccc3c(c2)OCO3)C(=O)C1=NNc1cccc(-c2cccc(C(=O)O)c2)c1O. The van der Waals surface area contributed by atoms with Crippen molar-refractivity contribution in [1.29, 1.82) is 0 Å². The van der Waals surface area contributed by atoms with E-state index in [4.69, 9.17) is 9.47 Å². The van der Waals surface area contributed by atoms with Gasteiger partial charge in [-0.1, -0.05) is 24.3 Å². The third-order valence-corrected chi connectivity index (χ3v) is 5.33. The Morgan fingerprint density at radius 3 is 2.71 bits per heavy atom. The molecule has 3 aromatic rings. The number of carbonyl (C=O) groups is 2. The summed E-state index contributed by atoms with van der Waals surface area (Å²) in [6.07, 6.45) is 0. The zero-order chi connectivity index (χ0) is 23.8. The lowest BCUT2D eigenvalue weighted by molar-refractivity contribution is -0.112. The number of nitrogens with one attached hydrogen (secondary N) is 1. The minimum Gasteiger partial charge on any atom is -0.505 e. The average Bonchev–Trinajstić information content (AvgIpc) is 3.42. The van der Waals surface area contributed by atoms with Crippen LogP contribution in [0.3, 0.4) is 0 Å². The maximum atomic E-state index is 13.0. The molecule has 2 aliphatic rings. The van der Waals surface area contributed by atoms with Crippen LogP contribution in [-0.2, 0) is 4.79 Å². The van der Waals surface area contributed by atoms with Gasteiger partial charge in [0.25, 0.3) is 0 Å². The Labute approximate surface area is 193 Å². The molecule has 0 aliphatic carbocycles. The summed E-state index contributed by atoms with van der Waals surface area (Å²) in [7, 11) is 0. The molecule has 170 valence electrons. The minimum absolute atomic E-state index is 0.0790. The van der Waals surface area contributed by atoms with Crippen molar-refractivity contribution in [3.8, 4) is 28.4 Å². The highest BCUT2D eigenvalue weighted by Crippen LogP contribution is 2.37. The third kappa shape index (κ3) is 3.66. The van der Waals surface area contributed by atoms with Crippen molar-refractivity contribution < 1.29 is 29.3 Å². The van der Waals surface area contributed by atoms with Gasteiger partial charge in [0.1, 0.15) is 5.75 Å². The highest BCUT2D eigenvalue weighted by Gasteiger charge is 2.32. The van der Waals surface area contributed by atoms with Crippen molar-refractivity contribution in [1.82, 2.24) is 0 Å². The molecule has 3 aromatic carbocycles. The maximum absolute atomic E-state index is 13.0. The van der Waals surface area contributed by atoms with Crippen LogP contribution in [0.5, 0.6) is 17.2 Å². The van der Waals surface area contributed by atoms with E-state index in [9.17, 15) is 19.8 Å². The van der Waals surface area contributed by atoms with Crippen molar-refractivity contribution in [2.75, 3.05) is 17.2 Å². The van der Waals surface area contributed by atoms with E-state index in [0.717, 1.165) is 0 Å². The molecule has 3 N–H and O–H groups in total. The predicted octanol–water partition coefficient (Wildman–Crippen LogP) is 3.68. The van der Waals surface area contributed by atoms with Gasteiger partial charge >= 0.3 is 11.9 Å². The van der Waals surface area contributed by atoms with Crippen LogP contribution in [-0.4, -0.2) is 40.3 Å². The summed E-state index contributed by atoms with van der Waals surface area (Å²) < 4.78 is 10.7. The Hall–Kier alpha value is -4.86. The molecule has 0 radical (unpaired) electrons. The van der Waals surface area contributed by atoms with Gasteiger partial charge in [0.2, 0.25) is 6.79 Å². The lowest BCUT2D eigenvalue weighted by atomic mass is 10.0. The molecule has 0 saturated carbocycles. The second-order valence-corrected chi connectivity index (χ2v) is 7.50. The summed E-state index contributed by atoms with van der Waals surface area (Å²) in [5.74, 6) is -0.537. The number of hydrazone groups is 2. The van der Waals surface area contributed by atoms with Crippen LogP contribution in [0.4, 0.5) is 11.4 Å². The third-order valence-electron chi connectivity index (χ3n) is 5.33. The molecule has 0 bridgehead atoms. The van der Waals surface area contributed by atoms with Crippen molar-refractivity contribution in [3.63, 3.8) is 0 Å². The number of carboxylic acid groups (broad SMARTS) is 1. The van der Waals surface area contributed by atoms with Gasteiger partial charge in [0, 0.05) is 11.6 Å². The smallest absolute Gasteiger partial charge is 0.335 e. The first-order valence-corrected chi connectivity index (χ1v) is 10.2. The number of para-hydroxylation sites is 1. The van der Waals surface area contributed by atoms with Gasteiger partial charge in [-0.25, -0.2) is 4.79 Å². The molecule has 2 heterocycles. The molecule has 1 amide bonds. The highest BCUT2D eigenvalue weighted by atomic mass is 16.7. The predicted molar refractivity (Wildman–Crippen MR) is 125 cm³/mol. The van der Waals surface area contributed by atoms with Crippen molar-refractivity contribution in [2.24, 2.45) is 10.2 Å². The topological polar surface area (TPSA) is 133 Å². The van der Waals surface area contributed by atoms with E-state index < -0.39 is 11.9 Å². The summed E-state index contributed by atoms with van der Waals surface area (Å²) in [6.45, 7) is 1.77. The number of anilines is 2. The number of aromatic hydroxyl groups is 1. The first-order valence-electron chi connectivity index (χ1n) is 10.2. The Bertz CT molecular complexity index is 1400. The van der Waals surface area contributed by atoms with Crippen LogP contribution in [0.1, 0.15) is 17.3 Å². The molecule has 5 rings (SSSR count). The van der Waals surface area contributed by atoms with Crippen LogP contribution in [0.25, 0.3) is 11.1 Å². The van der Waals surface area contributed by atoms with Crippen molar-refractivity contribution in [3.05, 3.63) is 66.2 Å². The Kier molecular flexibility index (Phi) is 5.09. The first kappa shape index (κ1) is 21.0. The van der Waals surface area contributed by atoms with E-state index in [0.29, 0.717) is 34.0 Å². The van der Waals surface area contributed by atoms with E-state index in [1.165, 1.54) is 17.1 Å². The summed E-state index contributed by atoms with van der Waals surface area (Å²) >= 11 is 0. The Morgan fingerprint density at radius 1 is 1.09 bits per heavy atom. The standard InChI is InChI=1S/C24H18N4O6/c1-13-21(23(30)28(27-13)16-8-9-19-20(11-16)34-12-33-19)26-25-18-7-3-6-17(22(18)29)14-4-2-5-15(10-14)24(31)32/h2-11,25,29H,12H2,1H3,(H,31,32). The molecule has 0 fully saturated rings. The maximum Gasteiger partial charge on any atom is 0.335 e. The number of carbonyl (C=O) groups excluding carboxylic acids is 1. The lowest BCUT2D eigenvalue weighted by Crippen LogP contribution is -2.27. The van der Waals surface area contributed by atoms with E-state index in [1.807, 2.05) is 0 Å². The summed E-state index contributed by atoms with van der Waals surface area (Å²) in [5, 5.41) is 29.7. The molecular weight excluding hydrogens is 440 g/mol. The molecule has 0 atom stereocenters. The number of rotatable bonds is 5. The fraction of sp³-hybridized carbons (Fsp3) is 0.0833. The van der Waals surface area contributed by atoms with Gasteiger partial charge in [-0.15, -0.1) is 0 Å². The molecule has 2 aliphatic heterocycles. The number of hydrogen-bond donors (Lipinski definition) is 3. The fourth-order valence-electron chi connectivity index (χ4n) is 3.62. The van der Waals surface area contributed by atoms with Crippen LogP contribution in [0.2, 0.25) is 0 Å². The number of amides is 1. The van der Waals surface area contributed by atoms with Gasteiger partial charge in [0.05, 0.1) is 22.6 Å². The summed E-state index contributed by atoms with van der Waals surface area (Å²) in [5.41, 5.74) is 4.98. The normalized spacial score (nSPS) is 15.6. The average molecular weight is 458 g/mol. The number of benzene rings is 3.